The molecule has 4 heteroatoms. The number of nitrogens with zero attached hydrogens (tertiary/aromatic N) is 1. The highest BCUT2D eigenvalue weighted by Gasteiger charge is 2.14. The summed E-state index contributed by atoms with van der Waals surface area (Å²) in [5.74, 6) is 0.692. The Morgan fingerprint density at radius 2 is 2.24 bits per heavy atom. The Morgan fingerprint density at radius 1 is 1.33 bits per heavy atom. The van der Waals surface area contributed by atoms with E-state index in [2.05, 4.69) is 9.97 Å². The van der Waals surface area contributed by atoms with E-state index < -0.39 is 0 Å². The van der Waals surface area contributed by atoms with Crippen molar-refractivity contribution >= 4 is 16.7 Å². The van der Waals surface area contributed by atoms with Gasteiger partial charge in [-0.05, 0) is 24.6 Å². The molecule has 2 aromatic heterocycles. The summed E-state index contributed by atoms with van der Waals surface area (Å²) < 4.78 is 5.58. The van der Waals surface area contributed by atoms with Crippen molar-refractivity contribution in [2.24, 2.45) is 0 Å². The number of pyridine rings is 1. The summed E-state index contributed by atoms with van der Waals surface area (Å²) in [6.45, 7) is 2.70. The highest BCUT2D eigenvalue weighted by Crippen LogP contribution is 2.22. The van der Waals surface area contributed by atoms with Crippen LogP contribution in [0.2, 0.25) is 0 Å². The third kappa shape index (κ3) is 2.65. The van der Waals surface area contributed by atoms with Crippen LogP contribution in [0.4, 0.5) is 0 Å². The SMILES string of the molecule is CCCOc1cccc(C(=O)c2c[nH]c3ccncc23)c1. The summed E-state index contributed by atoms with van der Waals surface area (Å²) in [5.41, 5.74) is 2.16. The Kier molecular flexibility index (Phi) is 3.69. The predicted molar refractivity (Wildman–Crippen MR) is 81.8 cm³/mol. The van der Waals surface area contributed by atoms with Crippen molar-refractivity contribution in [3.63, 3.8) is 0 Å². The van der Waals surface area contributed by atoms with Crippen LogP contribution in [0, 0.1) is 0 Å². The van der Waals surface area contributed by atoms with Gasteiger partial charge >= 0.3 is 0 Å². The summed E-state index contributed by atoms with van der Waals surface area (Å²) >= 11 is 0. The number of hydrogen-bond acceptors (Lipinski definition) is 3. The van der Waals surface area contributed by atoms with Gasteiger partial charge in [-0.2, -0.15) is 0 Å². The largest absolute Gasteiger partial charge is 0.494 e. The van der Waals surface area contributed by atoms with Gasteiger partial charge in [0.05, 0.1) is 6.61 Å². The maximum Gasteiger partial charge on any atom is 0.195 e. The Morgan fingerprint density at radius 3 is 3.10 bits per heavy atom. The van der Waals surface area contributed by atoms with Crippen molar-refractivity contribution < 1.29 is 9.53 Å². The van der Waals surface area contributed by atoms with E-state index in [4.69, 9.17) is 4.74 Å². The molecular formula is C17H16N2O2. The molecule has 1 aromatic carbocycles. The summed E-state index contributed by atoms with van der Waals surface area (Å²) in [7, 11) is 0. The Bertz CT molecular complexity index is 777. The van der Waals surface area contributed by atoms with Crippen molar-refractivity contribution in [3.05, 3.63) is 60.0 Å². The molecule has 0 spiro atoms. The summed E-state index contributed by atoms with van der Waals surface area (Å²) in [6, 6.07) is 9.14. The van der Waals surface area contributed by atoms with Crippen LogP contribution >= 0.6 is 0 Å². The third-order valence-electron chi connectivity index (χ3n) is 3.30. The van der Waals surface area contributed by atoms with Crippen LogP contribution in [0.5, 0.6) is 5.75 Å². The number of hydrogen-bond donors (Lipinski definition) is 1. The number of ether oxygens (including phenoxy) is 1. The summed E-state index contributed by atoms with van der Waals surface area (Å²) in [6.07, 6.45) is 6.07. The molecule has 4 nitrogen and oxygen atoms in total. The molecule has 0 amide bonds. The first-order chi connectivity index (χ1) is 10.3. The van der Waals surface area contributed by atoms with E-state index in [0.717, 1.165) is 23.1 Å². The molecule has 2 heterocycles. The lowest BCUT2D eigenvalue weighted by molar-refractivity contribution is 0.104. The second-order valence-corrected chi connectivity index (χ2v) is 4.83. The second-order valence-electron chi connectivity index (χ2n) is 4.83. The van der Waals surface area contributed by atoms with Gasteiger partial charge in [-0.1, -0.05) is 19.1 Å². The molecule has 21 heavy (non-hydrogen) atoms. The first-order valence-electron chi connectivity index (χ1n) is 6.98. The van der Waals surface area contributed by atoms with Crippen molar-refractivity contribution in [2.75, 3.05) is 6.61 Å². The Labute approximate surface area is 122 Å². The molecule has 0 atom stereocenters. The van der Waals surface area contributed by atoms with E-state index >= 15 is 0 Å². The third-order valence-corrected chi connectivity index (χ3v) is 3.30. The van der Waals surface area contributed by atoms with Gasteiger partial charge in [-0.3, -0.25) is 9.78 Å². The van der Waals surface area contributed by atoms with E-state index in [1.165, 1.54) is 0 Å². The van der Waals surface area contributed by atoms with Gasteiger partial charge in [0, 0.05) is 40.6 Å². The van der Waals surface area contributed by atoms with Gasteiger partial charge in [0.25, 0.3) is 0 Å². The second kappa shape index (κ2) is 5.79. The van der Waals surface area contributed by atoms with Gasteiger partial charge in [-0.15, -0.1) is 0 Å². The normalized spacial score (nSPS) is 10.7. The lowest BCUT2D eigenvalue weighted by Crippen LogP contribution is -2.02. The molecule has 0 aliphatic heterocycles. The minimum atomic E-state index is -0.0313. The van der Waals surface area contributed by atoms with Gasteiger partial charge < -0.3 is 9.72 Å². The smallest absolute Gasteiger partial charge is 0.195 e. The number of carbonyl (C=O) groups excluding carboxylic acids is 1. The fourth-order valence-corrected chi connectivity index (χ4v) is 2.25. The average molecular weight is 280 g/mol. The van der Waals surface area contributed by atoms with Crippen molar-refractivity contribution in [1.82, 2.24) is 9.97 Å². The zero-order chi connectivity index (χ0) is 14.7. The fourth-order valence-electron chi connectivity index (χ4n) is 2.25. The summed E-state index contributed by atoms with van der Waals surface area (Å²) in [5, 5.41) is 0.836. The standard InChI is InChI=1S/C17H16N2O2/c1-2-8-21-13-5-3-4-12(9-13)17(20)15-11-19-16-6-7-18-10-14(15)16/h3-7,9-11,19H,2,8H2,1H3. The molecule has 1 N–H and O–H groups in total. The Hall–Kier alpha value is -2.62. The van der Waals surface area contributed by atoms with Crippen molar-refractivity contribution in [3.8, 4) is 5.75 Å². The van der Waals surface area contributed by atoms with Crippen molar-refractivity contribution in [2.45, 2.75) is 13.3 Å². The van der Waals surface area contributed by atoms with Gasteiger partial charge in [-0.25, -0.2) is 0 Å². The van der Waals surface area contributed by atoms with E-state index in [1.807, 2.05) is 25.1 Å². The first kappa shape index (κ1) is 13.4. The van der Waals surface area contributed by atoms with Crippen LogP contribution in [0.25, 0.3) is 10.9 Å². The van der Waals surface area contributed by atoms with Gasteiger partial charge in [0.2, 0.25) is 0 Å². The molecule has 0 fully saturated rings. The fraction of sp³-hybridized carbons (Fsp3) is 0.176. The molecule has 0 saturated carbocycles. The zero-order valence-electron chi connectivity index (χ0n) is 11.8. The molecule has 0 aliphatic rings. The number of H-pyrrole nitrogens is 1. The molecule has 0 saturated heterocycles. The van der Waals surface area contributed by atoms with Crippen LogP contribution < -0.4 is 4.74 Å². The van der Waals surface area contributed by atoms with E-state index in [0.29, 0.717) is 17.7 Å². The number of rotatable bonds is 5. The maximum absolute atomic E-state index is 12.6. The van der Waals surface area contributed by atoms with Crippen molar-refractivity contribution in [1.29, 1.82) is 0 Å². The number of carbonyl (C=O) groups is 1. The highest BCUT2D eigenvalue weighted by atomic mass is 16.5. The number of fused-ring (bicyclic) bond motifs is 1. The number of nitrogens with one attached hydrogen (secondary N) is 1. The van der Waals surface area contributed by atoms with E-state index in [-0.39, 0.29) is 5.78 Å². The summed E-state index contributed by atoms with van der Waals surface area (Å²) in [4.78, 5) is 19.8. The number of ketones is 1. The van der Waals surface area contributed by atoms with Crippen LogP contribution in [0.1, 0.15) is 29.3 Å². The minimum absolute atomic E-state index is 0.0313. The molecule has 3 rings (SSSR count). The van der Waals surface area contributed by atoms with Crippen LogP contribution in [0.15, 0.2) is 48.9 Å². The molecule has 3 aromatic rings. The first-order valence-corrected chi connectivity index (χ1v) is 6.98. The molecule has 0 bridgehead atoms. The number of aromatic nitrogens is 2. The predicted octanol–water partition coefficient (Wildman–Crippen LogP) is 3.58. The van der Waals surface area contributed by atoms with Crippen LogP contribution in [0.3, 0.4) is 0 Å². The Balaban J connectivity index is 1.94. The highest BCUT2D eigenvalue weighted by molar-refractivity contribution is 6.16. The molecule has 106 valence electrons. The quantitative estimate of drug-likeness (QED) is 0.727. The molecular weight excluding hydrogens is 264 g/mol. The molecule has 0 radical (unpaired) electrons. The van der Waals surface area contributed by atoms with Crippen LogP contribution in [-0.2, 0) is 0 Å². The van der Waals surface area contributed by atoms with E-state index in [9.17, 15) is 4.79 Å². The van der Waals surface area contributed by atoms with Crippen LogP contribution in [-0.4, -0.2) is 22.4 Å². The van der Waals surface area contributed by atoms with Gasteiger partial charge in [0.15, 0.2) is 5.78 Å². The van der Waals surface area contributed by atoms with E-state index in [1.54, 1.807) is 30.7 Å². The number of aromatic amines is 1. The lowest BCUT2D eigenvalue weighted by atomic mass is 10.0. The monoisotopic (exact) mass is 280 g/mol. The number of benzene rings is 1. The maximum atomic E-state index is 12.6. The zero-order valence-corrected chi connectivity index (χ0v) is 11.8. The average Bonchev–Trinajstić information content (AvgIpc) is 2.96. The minimum Gasteiger partial charge on any atom is -0.494 e. The topological polar surface area (TPSA) is 55.0 Å². The molecule has 0 unspecified atom stereocenters. The van der Waals surface area contributed by atoms with Gasteiger partial charge in [0.1, 0.15) is 5.75 Å². The molecule has 0 aliphatic carbocycles. The lowest BCUT2D eigenvalue weighted by Gasteiger charge is -2.06.